The zero-order chi connectivity index (χ0) is 12.0. The van der Waals surface area contributed by atoms with Crippen LogP contribution in [0.3, 0.4) is 0 Å². The monoisotopic (exact) mass is 390 g/mol. The molecule has 0 fully saturated rings. The minimum Gasteiger partial charge on any atom is -0.218 e. The summed E-state index contributed by atoms with van der Waals surface area (Å²) in [7, 11) is 0. The Morgan fingerprint density at radius 1 is 0.786 bits per heavy atom. The Kier molecular flexibility index (Phi) is 4.16. The molecule has 0 aliphatic carbocycles. The highest BCUT2D eigenvalue weighted by Gasteiger charge is 2.75. The molecule has 0 aliphatic rings. The van der Waals surface area contributed by atoms with Gasteiger partial charge in [0.1, 0.15) is 0 Å². The summed E-state index contributed by atoms with van der Waals surface area (Å²) in [6.45, 7) is 0. The van der Waals surface area contributed by atoms with E-state index in [1.807, 2.05) is 0 Å². The maximum Gasteiger partial charge on any atom is 0.373 e. The Bertz CT molecular complexity index is 195. The minimum atomic E-state index is -5.02. The van der Waals surface area contributed by atoms with Gasteiger partial charge in [-0.1, -0.05) is 11.6 Å². The third-order valence-corrected chi connectivity index (χ3v) is 4.31. The lowest BCUT2D eigenvalue weighted by Crippen LogP contribution is -2.56. The van der Waals surface area contributed by atoms with Gasteiger partial charge in [0.05, 0.1) is 0 Å². The Morgan fingerprint density at radius 2 is 1.07 bits per heavy atom. The number of rotatable bonds is 3. The average Bonchev–Trinajstić information content (AvgIpc) is 1.81. The molecule has 0 aliphatic heterocycles. The molecule has 0 aromatic rings. The Morgan fingerprint density at radius 3 is 1.14 bits per heavy atom. The van der Waals surface area contributed by atoms with Crippen LogP contribution in [0, 0.1) is 0 Å². The highest BCUT2D eigenvalue weighted by atomic mass is 79.9. The van der Waals surface area contributed by atoms with Crippen molar-refractivity contribution in [1.82, 2.24) is 0 Å². The Hall–Kier alpha value is 1.12. The van der Waals surface area contributed by atoms with E-state index >= 15 is 0 Å². The molecule has 0 heterocycles. The summed E-state index contributed by atoms with van der Waals surface area (Å²) >= 11 is 11.1. The molecule has 0 amide bonds. The average molecular weight is 393 g/mol. The van der Waals surface area contributed by atoms with Gasteiger partial charge in [0.25, 0.3) is 4.58 Å². The second kappa shape index (κ2) is 3.85. The fourth-order valence-electron chi connectivity index (χ4n) is 0.356. The molecule has 14 heavy (non-hydrogen) atoms. The lowest BCUT2D eigenvalue weighted by Gasteiger charge is -2.34. The summed E-state index contributed by atoms with van der Waals surface area (Å²) in [4.78, 5) is -4.67. The van der Waals surface area contributed by atoms with Crippen molar-refractivity contribution in [2.45, 2.75) is 19.9 Å². The highest BCUT2D eigenvalue weighted by molar-refractivity contribution is 9.12. The summed E-state index contributed by atoms with van der Waals surface area (Å²) in [5.41, 5.74) is 0. The van der Waals surface area contributed by atoms with Crippen LogP contribution in [0.2, 0.25) is 0 Å². The largest absolute Gasteiger partial charge is 0.373 e. The van der Waals surface area contributed by atoms with E-state index in [9.17, 15) is 26.3 Å². The lowest BCUT2D eigenvalue weighted by atomic mass is 10.2. The van der Waals surface area contributed by atoms with Gasteiger partial charge in [-0.2, -0.15) is 17.6 Å². The molecule has 0 saturated heterocycles. The van der Waals surface area contributed by atoms with Crippen molar-refractivity contribution < 1.29 is 26.3 Å². The summed E-state index contributed by atoms with van der Waals surface area (Å²) < 4.78 is 70.1. The van der Waals surface area contributed by atoms with Crippen LogP contribution in [-0.2, 0) is 0 Å². The summed E-state index contributed by atoms with van der Waals surface area (Å²) in [6.07, 6.45) is 0. The molecule has 0 rings (SSSR count). The van der Waals surface area contributed by atoms with Crippen molar-refractivity contribution in [2.24, 2.45) is 0 Å². The molecule has 0 aromatic carbocycles. The third-order valence-electron chi connectivity index (χ3n) is 1.11. The molecule has 0 unspecified atom stereocenters. The van der Waals surface area contributed by atoms with Crippen molar-refractivity contribution in [3.63, 3.8) is 0 Å². The summed E-state index contributed by atoms with van der Waals surface area (Å²) in [6, 6.07) is 0. The number of alkyl halides is 10. The first-order valence-electron chi connectivity index (χ1n) is 2.64. The third kappa shape index (κ3) is 2.44. The standard InChI is InChI=1S/C4Br2Cl2F6/c5-1(9,3(6,11)12)2(7,10)4(8,13)14/t1-,2+/m1/s1. The molecule has 0 bridgehead atoms. The van der Waals surface area contributed by atoms with Crippen LogP contribution in [0.5, 0.6) is 0 Å². The van der Waals surface area contributed by atoms with Crippen molar-refractivity contribution in [3.05, 3.63) is 0 Å². The van der Waals surface area contributed by atoms with E-state index in [0.717, 1.165) is 0 Å². The molecule has 0 N–H and O–H groups in total. The molecule has 0 radical (unpaired) electrons. The maximum absolute atomic E-state index is 12.9. The molecule has 0 aromatic heterocycles. The van der Waals surface area contributed by atoms with E-state index in [-0.39, 0.29) is 0 Å². The van der Waals surface area contributed by atoms with Crippen LogP contribution < -0.4 is 0 Å². The van der Waals surface area contributed by atoms with E-state index < -0.39 is 19.9 Å². The molecular weight excluding hydrogens is 393 g/mol. The van der Waals surface area contributed by atoms with Crippen LogP contribution in [0.1, 0.15) is 0 Å². The van der Waals surface area contributed by atoms with Crippen LogP contribution in [0.4, 0.5) is 26.3 Å². The van der Waals surface area contributed by atoms with Gasteiger partial charge in [-0.25, -0.2) is 8.78 Å². The topological polar surface area (TPSA) is 0 Å². The Labute approximate surface area is 101 Å². The van der Waals surface area contributed by atoms with Gasteiger partial charge in [0.2, 0.25) is 0 Å². The first-order chi connectivity index (χ1) is 5.75. The van der Waals surface area contributed by atoms with Crippen molar-refractivity contribution in [3.8, 4) is 0 Å². The van der Waals surface area contributed by atoms with Gasteiger partial charge in [-0.05, 0) is 43.5 Å². The fourth-order valence-corrected chi connectivity index (χ4v) is 1.36. The fraction of sp³-hybridized carbons (Fsp3) is 1.00. The minimum absolute atomic E-state index is 1.36. The second-order valence-electron chi connectivity index (χ2n) is 2.14. The summed E-state index contributed by atoms with van der Waals surface area (Å²) in [5, 5.41) is -9.85. The van der Waals surface area contributed by atoms with Gasteiger partial charge < -0.3 is 0 Å². The quantitative estimate of drug-likeness (QED) is 0.479. The van der Waals surface area contributed by atoms with E-state index in [1.165, 1.54) is 31.9 Å². The van der Waals surface area contributed by atoms with E-state index in [0.29, 0.717) is 0 Å². The molecule has 0 saturated carbocycles. The first kappa shape index (κ1) is 15.1. The van der Waals surface area contributed by atoms with Gasteiger partial charge >= 0.3 is 15.3 Å². The predicted molar refractivity (Wildman–Crippen MR) is 47.1 cm³/mol. The van der Waals surface area contributed by atoms with Crippen LogP contribution >= 0.6 is 55.1 Å². The van der Waals surface area contributed by atoms with Crippen LogP contribution in [0.25, 0.3) is 0 Å². The van der Waals surface area contributed by atoms with Gasteiger partial charge in [-0.15, -0.1) is 0 Å². The predicted octanol–water partition coefficient (Wildman–Crippen LogP) is 4.77. The highest BCUT2D eigenvalue weighted by Crippen LogP contribution is 2.59. The molecule has 10 heteroatoms. The molecular formula is C4Br2Cl2F6. The SMILES string of the molecule is FC(F)(Cl)[C@](F)(Cl)[C@](F)(Br)C(F)(F)Br. The van der Waals surface area contributed by atoms with Crippen molar-refractivity contribution in [2.75, 3.05) is 0 Å². The number of hydrogen-bond donors (Lipinski definition) is 0. The van der Waals surface area contributed by atoms with Gasteiger partial charge in [0.15, 0.2) is 0 Å². The van der Waals surface area contributed by atoms with Crippen LogP contribution in [0.15, 0.2) is 0 Å². The number of hydrogen-bond acceptors (Lipinski definition) is 0. The van der Waals surface area contributed by atoms with Gasteiger partial charge in [-0.3, -0.25) is 0 Å². The second-order valence-corrected chi connectivity index (χ2v) is 5.23. The van der Waals surface area contributed by atoms with E-state index in [2.05, 4.69) is 23.2 Å². The maximum atomic E-state index is 12.9. The molecule has 0 nitrogen and oxygen atoms in total. The molecule has 86 valence electrons. The molecule has 0 spiro atoms. The normalized spacial score (nSPS) is 22.7. The Balaban J connectivity index is 5.30. The molecule has 2 atom stereocenters. The summed E-state index contributed by atoms with van der Waals surface area (Å²) in [5.74, 6) is 0. The first-order valence-corrected chi connectivity index (χ1v) is 4.98. The van der Waals surface area contributed by atoms with E-state index in [1.54, 1.807) is 0 Å². The van der Waals surface area contributed by atoms with Crippen LogP contribution in [-0.4, -0.2) is 19.9 Å². The lowest BCUT2D eigenvalue weighted by molar-refractivity contribution is -0.126. The van der Waals surface area contributed by atoms with Crippen molar-refractivity contribution in [1.29, 1.82) is 0 Å². The zero-order valence-corrected chi connectivity index (χ0v) is 10.5. The van der Waals surface area contributed by atoms with Gasteiger partial charge in [0, 0.05) is 0 Å². The zero-order valence-electron chi connectivity index (χ0n) is 5.78. The number of halogens is 10. The smallest absolute Gasteiger partial charge is 0.218 e. The van der Waals surface area contributed by atoms with E-state index in [4.69, 9.17) is 0 Å². The van der Waals surface area contributed by atoms with Crippen molar-refractivity contribution >= 4 is 55.1 Å².